The first kappa shape index (κ1) is 19.7. The van der Waals surface area contributed by atoms with Crippen molar-refractivity contribution >= 4 is 11.3 Å². The van der Waals surface area contributed by atoms with Gasteiger partial charge in [-0.05, 0) is 23.3 Å². The van der Waals surface area contributed by atoms with Crippen LogP contribution < -0.4 is 5.73 Å². The summed E-state index contributed by atoms with van der Waals surface area (Å²) in [5.74, 6) is 0. The summed E-state index contributed by atoms with van der Waals surface area (Å²) in [5, 5.41) is 0. The van der Waals surface area contributed by atoms with Crippen molar-refractivity contribution in [3.8, 4) is 22.4 Å². The summed E-state index contributed by atoms with van der Waals surface area (Å²) in [5.41, 5.74) is 13.2. The normalized spacial score (nSPS) is 11.1. The van der Waals surface area contributed by atoms with Gasteiger partial charge in [0.1, 0.15) is 5.65 Å². The zero-order valence-electron chi connectivity index (χ0n) is 17.0. The molecule has 0 unspecified atom stereocenters. The van der Waals surface area contributed by atoms with Crippen LogP contribution in [0.4, 0.5) is 5.69 Å². The standard InChI is InChI=1S/C26H26N4/c1-3-16-29(17-4-2)19-24-26(28-25-15-14-23(27)18-30(24)25)22-12-10-21(11-13-22)20-8-6-5-7-9-20/h3-15,18H,1-2,16-17,19,27H2. The van der Waals surface area contributed by atoms with Crippen molar-refractivity contribution in [3.05, 3.63) is 104 Å². The number of hydrogen-bond acceptors (Lipinski definition) is 3. The third kappa shape index (κ3) is 4.04. The van der Waals surface area contributed by atoms with Crippen molar-refractivity contribution < 1.29 is 0 Å². The van der Waals surface area contributed by atoms with Gasteiger partial charge < -0.3 is 10.1 Å². The number of nitrogens with zero attached hydrogens (tertiary/aromatic N) is 3. The molecule has 2 heterocycles. The Balaban J connectivity index is 1.77. The van der Waals surface area contributed by atoms with Crippen molar-refractivity contribution in [2.75, 3.05) is 18.8 Å². The monoisotopic (exact) mass is 394 g/mol. The Kier molecular flexibility index (Phi) is 5.77. The third-order valence-electron chi connectivity index (χ3n) is 5.15. The van der Waals surface area contributed by atoms with Gasteiger partial charge in [0.05, 0.1) is 11.4 Å². The van der Waals surface area contributed by atoms with E-state index in [0.29, 0.717) is 5.69 Å². The minimum absolute atomic E-state index is 0.714. The van der Waals surface area contributed by atoms with E-state index in [1.165, 1.54) is 11.1 Å². The van der Waals surface area contributed by atoms with Gasteiger partial charge in [-0.3, -0.25) is 4.90 Å². The quantitative estimate of drug-likeness (QED) is 0.406. The van der Waals surface area contributed by atoms with Crippen molar-refractivity contribution in [2.24, 2.45) is 0 Å². The molecule has 0 radical (unpaired) electrons. The lowest BCUT2D eigenvalue weighted by molar-refractivity contribution is 0.323. The topological polar surface area (TPSA) is 46.6 Å². The summed E-state index contributed by atoms with van der Waals surface area (Å²) in [6, 6.07) is 22.8. The van der Waals surface area contributed by atoms with E-state index in [9.17, 15) is 0 Å². The van der Waals surface area contributed by atoms with Crippen LogP contribution in [0.5, 0.6) is 0 Å². The van der Waals surface area contributed by atoms with Crippen LogP contribution in [0.15, 0.2) is 98.2 Å². The zero-order chi connectivity index (χ0) is 20.9. The molecule has 2 aromatic carbocycles. The molecular formula is C26H26N4. The second kappa shape index (κ2) is 8.80. The molecule has 0 aliphatic rings. The number of nitrogens with two attached hydrogens (primary N) is 1. The van der Waals surface area contributed by atoms with Crippen LogP contribution in [0, 0.1) is 0 Å². The first-order chi connectivity index (χ1) is 14.7. The number of aromatic nitrogens is 2. The fourth-order valence-electron chi connectivity index (χ4n) is 3.72. The Morgan fingerprint density at radius 1 is 0.833 bits per heavy atom. The lowest BCUT2D eigenvalue weighted by Crippen LogP contribution is -2.24. The average Bonchev–Trinajstić information content (AvgIpc) is 3.12. The molecule has 0 aliphatic carbocycles. The molecule has 2 aromatic heterocycles. The average molecular weight is 395 g/mol. The summed E-state index contributed by atoms with van der Waals surface area (Å²) in [4.78, 5) is 7.20. The molecule has 4 aromatic rings. The van der Waals surface area contributed by atoms with Crippen LogP contribution in [0.1, 0.15) is 5.69 Å². The maximum Gasteiger partial charge on any atom is 0.137 e. The molecule has 30 heavy (non-hydrogen) atoms. The highest BCUT2D eigenvalue weighted by atomic mass is 15.1. The van der Waals surface area contributed by atoms with Gasteiger partial charge in [0.2, 0.25) is 0 Å². The lowest BCUT2D eigenvalue weighted by atomic mass is 10.0. The van der Waals surface area contributed by atoms with Gasteiger partial charge in [0.15, 0.2) is 0 Å². The number of fused-ring (bicyclic) bond motifs is 1. The van der Waals surface area contributed by atoms with Crippen molar-refractivity contribution in [2.45, 2.75) is 6.54 Å². The van der Waals surface area contributed by atoms with E-state index in [2.05, 4.69) is 71.0 Å². The summed E-state index contributed by atoms with van der Waals surface area (Å²) >= 11 is 0. The summed E-state index contributed by atoms with van der Waals surface area (Å²) < 4.78 is 2.09. The van der Waals surface area contributed by atoms with Crippen molar-refractivity contribution in [1.29, 1.82) is 0 Å². The molecule has 0 aliphatic heterocycles. The molecule has 0 fully saturated rings. The van der Waals surface area contributed by atoms with E-state index in [4.69, 9.17) is 10.7 Å². The van der Waals surface area contributed by atoms with Gasteiger partial charge in [-0.1, -0.05) is 66.7 Å². The van der Waals surface area contributed by atoms with Gasteiger partial charge >= 0.3 is 0 Å². The maximum atomic E-state index is 6.08. The van der Waals surface area contributed by atoms with Crippen LogP contribution in [-0.2, 0) is 6.54 Å². The number of rotatable bonds is 8. The number of imidazole rings is 1. The number of anilines is 1. The molecule has 0 saturated carbocycles. The minimum Gasteiger partial charge on any atom is -0.398 e. The van der Waals surface area contributed by atoms with E-state index in [1.54, 1.807) is 0 Å². The van der Waals surface area contributed by atoms with Gasteiger partial charge in [-0.25, -0.2) is 4.98 Å². The Labute approximate surface area is 177 Å². The molecule has 0 spiro atoms. The number of pyridine rings is 1. The van der Waals surface area contributed by atoms with E-state index in [-0.39, 0.29) is 0 Å². The molecule has 0 bridgehead atoms. The molecule has 0 atom stereocenters. The molecule has 4 rings (SSSR count). The molecule has 4 nitrogen and oxygen atoms in total. The lowest BCUT2D eigenvalue weighted by Gasteiger charge is -2.19. The Morgan fingerprint density at radius 3 is 2.13 bits per heavy atom. The van der Waals surface area contributed by atoms with Gasteiger partial charge in [0.25, 0.3) is 0 Å². The van der Waals surface area contributed by atoms with E-state index in [1.807, 2.05) is 36.5 Å². The number of benzene rings is 2. The fourth-order valence-corrected chi connectivity index (χ4v) is 3.72. The van der Waals surface area contributed by atoms with Crippen LogP contribution in [0.25, 0.3) is 28.0 Å². The molecule has 4 heteroatoms. The van der Waals surface area contributed by atoms with Crippen LogP contribution >= 0.6 is 0 Å². The molecular weight excluding hydrogens is 368 g/mol. The van der Waals surface area contributed by atoms with Gasteiger partial charge in [-0.2, -0.15) is 0 Å². The van der Waals surface area contributed by atoms with Crippen LogP contribution in [0.2, 0.25) is 0 Å². The van der Waals surface area contributed by atoms with E-state index < -0.39 is 0 Å². The van der Waals surface area contributed by atoms with E-state index >= 15 is 0 Å². The summed E-state index contributed by atoms with van der Waals surface area (Å²) in [6.45, 7) is 10.0. The smallest absolute Gasteiger partial charge is 0.137 e. The largest absolute Gasteiger partial charge is 0.398 e. The fraction of sp³-hybridized carbons (Fsp3) is 0.115. The molecule has 150 valence electrons. The van der Waals surface area contributed by atoms with Crippen LogP contribution in [0.3, 0.4) is 0 Å². The Bertz CT molecular complexity index is 1150. The Hall–Kier alpha value is -3.63. The molecule has 0 saturated heterocycles. The number of nitrogen functional groups attached to an aromatic ring is 1. The first-order valence-electron chi connectivity index (χ1n) is 10.1. The van der Waals surface area contributed by atoms with Crippen molar-refractivity contribution in [1.82, 2.24) is 14.3 Å². The zero-order valence-corrected chi connectivity index (χ0v) is 17.0. The highest BCUT2D eigenvalue weighted by Gasteiger charge is 2.17. The predicted octanol–water partition coefficient (Wildman–Crippen LogP) is 5.42. The molecule has 0 amide bonds. The van der Waals surface area contributed by atoms with E-state index in [0.717, 1.165) is 42.2 Å². The highest BCUT2D eigenvalue weighted by Crippen LogP contribution is 2.29. The SMILES string of the molecule is C=CCN(CC=C)Cc1c(-c2ccc(-c3ccccc3)cc2)nc2ccc(N)cn12. The molecule has 2 N–H and O–H groups in total. The van der Waals surface area contributed by atoms with Gasteiger partial charge in [0, 0.05) is 37.1 Å². The van der Waals surface area contributed by atoms with Crippen LogP contribution in [-0.4, -0.2) is 27.4 Å². The summed E-state index contributed by atoms with van der Waals surface area (Å²) in [6.07, 6.45) is 5.77. The van der Waals surface area contributed by atoms with Gasteiger partial charge in [-0.15, -0.1) is 13.2 Å². The number of hydrogen-bond donors (Lipinski definition) is 1. The second-order valence-electron chi connectivity index (χ2n) is 7.31. The third-order valence-corrected chi connectivity index (χ3v) is 5.15. The highest BCUT2D eigenvalue weighted by molar-refractivity contribution is 5.72. The maximum absolute atomic E-state index is 6.08. The predicted molar refractivity (Wildman–Crippen MR) is 126 cm³/mol. The summed E-state index contributed by atoms with van der Waals surface area (Å²) in [7, 11) is 0. The second-order valence-corrected chi connectivity index (χ2v) is 7.31. The Morgan fingerprint density at radius 2 is 1.47 bits per heavy atom. The first-order valence-corrected chi connectivity index (χ1v) is 10.1. The van der Waals surface area contributed by atoms with Crippen molar-refractivity contribution in [3.63, 3.8) is 0 Å². The minimum atomic E-state index is 0.714.